The second-order valence-electron chi connectivity index (χ2n) is 5.30. The van der Waals surface area contributed by atoms with Crippen molar-refractivity contribution in [1.29, 1.82) is 0 Å². The van der Waals surface area contributed by atoms with Crippen molar-refractivity contribution in [2.45, 2.75) is 24.3 Å². The number of hydrogen-bond donors (Lipinski definition) is 1. The van der Waals surface area contributed by atoms with Gasteiger partial charge in [-0.05, 0) is 19.1 Å². The molecule has 2 rings (SSSR count). The van der Waals surface area contributed by atoms with Crippen LogP contribution in [0.15, 0.2) is 23.4 Å². The second kappa shape index (κ2) is 7.16. The number of nitrogens with one attached hydrogen (secondary N) is 1. The first-order valence-electron chi connectivity index (χ1n) is 6.87. The lowest BCUT2D eigenvalue weighted by Crippen LogP contribution is -2.34. The number of nitrogens with zero attached hydrogens (tertiary/aromatic N) is 2. The van der Waals surface area contributed by atoms with Gasteiger partial charge in [0.1, 0.15) is 22.8 Å². The van der Waals surface area contributed by atoms with E-state index >= 15 is 0 Å². The second-order valence-corrected chi connectivity index (χ2v) is 7.97. The summed E-state index contributed by atoms with van der Waals surface area (Å²) in [4.78, 5) is 7.15. The van der Waals surface area contributed by atoms with Crippen LogP contribution in [0.3, 0.4) is 0 Å². The molecule has 0 fully saturated rings. The lowest BCUT2D eigenvalue weighted by Gasteiger charge is -2.21. The summed E-state index contributed by atoms with van der Waals surface area (Å²) < 4.78 is 76.3. The topological polar surface area (TPSA) is 72.0 Å². The molecule has 1 atom stereocenters. The maximum atomic E-state index is 14.2. The van der Waals surface area contributed by atoms with E-state index in [4.69, 9.17) is 23.2 Å². The molecule has 12 heteroatoms. The first-order valence-corrected chi connectivity index (χ1v) is 9.52. The molecule has 1 N–H and O–H groups in total. The maximum Gasteiger partial charge on any atom is 0.408 e. The molecule has 26 heavy (non-hydrogen) atoms. The first kappa shape index (κ1) is 20.7. The van der Waals surface area contributed by atoms with Gasteiger partial charge in [-0.25, -0.2) is 22.8 Å². The molecule has 142 valence electrons. The fourth-order valence-electron chi connectivity index (χ4n) is 1.93. The fraction of sp³-hybridized carbons (Fsp3) is 0.286. The Morgan fingerprint density at radius 3 is 2.27 bits per heavy atom. The van der Waals surface area contributed by atoms with Gasteiger partial charge < -0.3 is 5.32 Å². The summed E-state index contributed by atoms with van der Waals surface area (Å²) in [7, 11) is -3.99. The van der Waals surface area contributed by atoms with E-state index in [0.717, 1.165) is 19.2 Å². The van der Waals surface area contributed by atoms with E-state index in [1.807, 2.05) is 5.32 Å². The lowest BCUT2D eigenvalue weighted by atomic mass is 10.1. The van der Waals surface area contributed by atoms with E-state index in [2.05, 4.69) is 9.97 Å². The fourth-order valence-corrected chi connectivity index (χ4v) is 3.02. The van der Waals surface area contributed by atoms with Gasteiger partial charge in [0, 0.05) is 11.8 Å². The van der Waals surface area contributed by atoms with Crippen molar-refractivity contribution in [3.63, 3.8) is 0 Å². The van der Waals surface area contributed by atoms with E-state index in [-0.39, 0.29) is 16.1 Å². The Kier molecular flexibility index (Phi) is 5.69. The SMILES string of the molecule is C[C@H](Nc1nc(S(C)(=O)=O)nc(Cl)c1-c1c(F)cccc1Cl)C(F)(F)F. The Balaban J connectivity index is 2.78. The number of benzene rings is 1. The minimum atomic E-state index is -4.68. The summed E-state index contributed by atoms with van der Waals surface area (Å²) in [6.45, 7) is 0.781. The molecule has 0 saturated heterocycles. The van der Waals surface area contributed by atoms with Crippen LogP contribution in [-0.4, -0.2) is 36.9 Å². The van der Waals surface area contributed by atoms with Crippen LogP contribution in [0.2, 0.25) is 10.2 Å². The highest BCUT2D eigenvalue weighted by Crippen LogP contribution is 2.40. The highest BCUT2D eigenvalue weighted by Gasteiger charge is 2.37. The quantitative estimate of drug-likeness (QED) is 0.442. The summed E-state index contributed by atoms with van der Waals surface area (Å²) in [5, 5.41) is 0.470. The number of rotatable bonds is 4. The van der Waals surface area contributed by atoms with E-state index in [1.165, 1.54) is 12.1 Å². The molecular formula is C14H11Cl2F4N3O2S. The number of alkyl halides is 3. The van der Waals surface area contributed by atoms with Gasteiger partial charge in [0.2, 0.25) is 15.0 Å². The predicted octanol–water partition coefficient (Wildman–Crippen LogP) is 4.36. The van der Waals surface area contributed by atoms with Crippen LogP contribution in [0.4, 0.5) is 23.4 Å². The van der Waals surface area contributed by atoms with Gasteiger partial charge >= 0.3 is 6.18 Å². The Hall–Kier alpha value is -1.65. The van der Waals surface area contributed by atoms with Gasteiger partial charge in [-0.3, -0.25) is 0 Å². The van der Waals surface area contributed by atoms with Crippen molar-refractivity contribution in [2.24, 2.45) is 0 Å². The smallest absolute Gasteiger partial charge is 0.358 e. The normalized spacial score (nSPS) is 13.5. The number of sulfone groups is 1. The van der Waals surface area contributed by atoms with Crippen molar-refractivity contribution in [2.75, 3.05) is 11.6 Å². The molecule has 5 nitrogen and oxygen atoms in total. The van der Waals surface area contributed by atoms with Crippen LogP contribution in [0.5, 0.6) is 0 Å². The molecule has 0 unspecified atom stereocenters. The molecule has 0 amide bonds. The molecule has 2 aromatic rings. The highest BCUT2D eigenvalue weighted by atomic mass is 35.5. The van der Waals surface area contributed by atoms with E-state index in [9.17, 15) is 26.0 Å². The van der Waals surface area contributed by atoms with Gasteiger partial charge in [0.05, 0.1) is 10.6 Å². The molecule has 1 aromatic carbocycles. The monoisotopic (exact) mass is 431 g/mol. The largest absolute Gasteiger partial charge is 0.408 e. The van der Waals surface area contributed by atoms with E-state index in [0.29, 0.717) is 0 Å². The van der Waals surface area contributed by atoms with Crippen LogP contribution in [0.25, 0.3) is 11.1 Å². The Morgan fingerprint density at radius 1 is 1.15 bits per heavy atom. The zero-order chi connectivity index (χ0) is 19.9. The first-order chi connectivity index (χ1) is 11.8. The third-order valence-corrected chi connectivity index (χ3v) is 4.67. The molecule has 0 spiro atoms. The molecule has 0 radical (unpaired) electrons. The van der Waals surface area contributed by atoms with E-state index in [1.54, 1.807) is 0 Å². The Morgan fingerprint density at radius 2 is 1.77 bits per heavy atom. The van der Waals surface area contributed by atoms with Crippen molar-refractivity contribution < 1.29 is 26.0 Å². The summed E-state index contributed by atoms with van der Waals surface area (Å²) in [5.74, 6) is -1.50. The van der Waals surface area contributed by atoms with Crippen molar-refractivity contribution in [3.05, 3.63) is 34.2 Å². The van der Waals surface area contributed by atoms with Gasteiger partial charge in [0.15, 0.2) is 0 Å². The Labute approximate surface area is 156 Å². The third kappa shape index (κ3) is 4.36. The highest BCUT2D eigenvalue weighted by molar-refractivity contribution is 7.90. The molecule has 0 aliphatic rings. The zero-order valence-corrected chi connectivity index (χ0v) is 15.5. The minimum absolute atomic E-state index is 0.162. The van der Waals surface area contributed by atoms with Crippen LogP contribution in [-0.2, 0) is 9.84 Å². The number of anilines is 1. The van der Waals surface area contributed by atoms with Crippen molar-refractivity contribution >= 4 is 38.9 Å². The summed E-state index contributed by atoms with van der Waals surface area (Å²) in [6, 6.07) is 1.45. The summed E-state index contributed by atoms with van der Waals surface area (Å²) in [6.07, 6.45) is -3.93. The van der Waals surface area contributed by atoms with Crippen LogP contribution < -0.4 is 5.32 Å². The zero-order valence-electron chi connectivity index (χ0n) is 13.2. The average molecular weight is 432 g/mol. The Bertz CT molecular complexity index is 932. The standard InChI is InChI=1S/C14H11Cl2F4N3O2S/c1-6(14(18,19)20)21-12-10(9-7(15)4-3-5-8(9)17)11(16)22-13(23-12)26(2,24)25/h3-6H,1-2H3,(H,21,22,23)/t6-/m0/s1. The molecule has 1 aromatic heterocycles. The maximum absolute atomic E-state index is 14.2. The van der Waals surface area contributed by atoms with E-state index < -0.39 is 44.0 Å². The van der Waals surface area contributed by atoms with Crippen LogP contribution in [0, 0.1) is 5.82 Å². The van der Waals surface area contributed by atoms with Gasteiger partial charge in [-0.1, -0.05) is 29.3 Å². The predicted molar refractivity (Wildman–Crippen MR) is 89.7 cm³/mol. The molecule has 0 bridgehead atoms. The van der Waals surface area contributed by atoms with Crippen LogP contribution >= 0.6 is 23.2 Å². The van der Waals surface area contributed by atoms with Crippen LogP contribution in [0.1, 0.15) is 6.92 Å². The number of aromatic nitrogens is 2. The molecule has 0 aliphatic carbocycles. The number of halogens is 6. The summed E-state index contributed by atoms with van der Waals surface area (Å²) >= 11 is 11.9. The molecule has 1 heterocycles. The average Bonchev–Trinajstić information content (AvgIpc) is 2.47. The summed E-state index contributed by atoms with van der Waals surface area (Å²) in [5.41, 5.74) is -0.727. The number of hydrogen-bond acceptors (Lipinski definition) is 5. The molecular weight excluding hydrogens is 421 g/mol. The minimum Gasteiger partial charge on any atom is -0.358 e. The van der Waals surface area contributed by atoms with Gasteiger partial charge in [-0.15, -0.1) is 0 Å². The third-order valence-electron chi connectivity index (χ3n) is 3.23. The van der Waals surface area contributed by atoms with Gasteiger partial charge in [-0.2, -0.15) is 13.2 Å². The van der Waals surface area contributed by atoms with Crippen molar-refractivity contribution in [3.8, 4) is 11.1 Å². The lowest BCUT2D eigenvalue weighted by molar-refractivity contribution is -0.138. The molecule has 0 aliphatic heterocycles. The van der Waals surface area contributed by atoms with Crippen molar-refractivity contribution in [1.82, 2.24) is 9.97 Å². The molecule has 0 saturated carbocycles. The van der Waals surface area contributed by atoms with Gasteiger partial charge in [0.25, 0.3) is 0 Å².